The zero-order chi connectivity index (χ0) is 15.4. The van der Waals surface area contributed by atoms with E-state index in [0.29, 0.717) is 11.3 Å². The summed E-state index contributed by atoms with van der Waals surface area (Å²) in [5.74, 6) is 1.41. The summed E-state index contributed by atoms with van der Waals surface area (Å²) < 4.78 is 10.6. The molecule has 2 aromatic carbocycles. The molecule has 0 aliphatic carbocycles. The van der Waals surface area contributed by atoms with Crippen LogP contribution in [0, 0.1) is 0 Å². The average molecular weight is 295 g/mol. The molecule has 0 radical (unpaired) electrons. The number of nitrogens with one attached hydrogen (secondary N) is 1. The second kappa shape index (κ2) is 6.35. The van der Waals surface area contributed by atoms with Gasteiger partial charge in [-0.05, 0) is 24.1 Å². The third kappa shape index (κ3) is 3.11. The summed E-state index contributed by atoms with van der Waals surface area (Å²) in [5.41, 5.74) is 2.74. The van der Waals surface area contributed by atoms with Crippen molar-refractivity contribution >= 4 is 11.5 Å². The lowest BCUT2D eigenvalue weighted by atomic mass is 10.1. The van der Waals surface area contributed by atoms with Crippen molar-refractivity contribution in [1.82, 2.24) is 0 Å². The minimum Gasteiger partial charge on any atom is -0.454 e. The predicted molar refractivity (Wildman–Crippen MR) is 85.5 cm³/mol. The highest BCUT2D eigenvalue weighted by Crippen LogP contribution is 2.34. The van der Waals surface area contributed by atoms with Gasteiger partial charge in [0.2, 0.25) is 6.79 Å². The van der Waals surface area contributed by atoms with Crippen molar-refractivity contribution in [2.24, 2.45) is 0 Å². The van der Waals surface area contributed by atoms with Crippen LogP contribution in [0.25, 0.3) is 0 Å². The molecule has 1 heterocycles. The molecule has 0 spiro atoms. The van der Waals surface area contributed by atoms with Gasteiger partial charge >= 0.3 is 0 Å². The van der Waals surface area contributed by atoms with Crippen molar-refractivity contribution in [2.45, 2.75) is 13.3 Å². The highest BCUT2D eigenvalue weighted by molar-refractivity contribution is 6.04. The Kier molecular flexibility index (Phi) is 4.10. The summed E-state index contributed by atoms with van der Waals surface area (Å²) in [6.07, 6.45) is 4.12. The van der Waals surface area contributed by atoms with E-state index in [4.69, 9.17) is 9.47 Å². The van der Waals surface area contributed by atoms with Gasteiger partial charge in [0.25, 0.3) is 0 Å². The number of aryl methyl sites for hydroxylation is 1. The van der Waals surface area contributed by atoms with E-state index in [-0.39, 0.29) is 12.6 Å². The van der Waals surface area contributed by atoms with Crippen LogP contribution in [0.4, 0.5) is 5.69 Å². The predicted octanol–water partition coefficient (Wildman–Crippen LogP) is 3.79. The number of fused-ring (bicyclic) bond motifs is 1. The third-order valence-electron chi connectivity index (χ3n) is 3.50. The molecule has 0 unspecified atom stereocenters. The first-order valence-corrected chi connectivity index (χ1v) is 7.22. The van der Waals surface area contributed by atoms with E-state index in [0.717, 1.165) is 17.9 Å². The van der Waals surface area contributed by atoms with Crippen molar-refractivity contribution in [3.8, 4) is 11.5 Å². The first-order chi connectivity index (χ1) is 10.8. The van der Waals surface area contributed by atoms with E-state index in [1.165, 1.54) is 11.6 Å². The lowest BCUT2D eigenvalue weighted by molar-refractivity contribution is 0.104. The number of hydrogen-bond donors (Lipinski definition) is 1. The maximum absolute atomic E-state index is 12.1. The summed E-state index contributed by atoms with van der Waals surface area (Å²) in [4.78, 5) is 12.1. The summed E-state index contributed by atoms with van der Waals surface area (Å²) in [5, 5.41) is 3.06. The lowest BCUT2D eigenvalue weighted by Crippen LogP contribution is -1.96. The molecule has 4 nitrogen and oxygen atoms in total. The van der Waals surface area contributed by atoms with Crippen molar-refractivity contribution in [2.75, 3.05) is 12.1 Å². The van der Waals surface area contributed by atoms with Gasteiger partial charge in [0.05, 0.1) is 0 Å². The molecule has 1 aliphatic heterocycles. The van der Waals surface area contributed by atoms with Crippen molar-refractivity contribution in [1.29, 1.82) is 0 Å². The highest BCUT2D eigenvalue weighted by Gasteiger charge is 2.12. The van der Waals surface area contributed by atoms with E-state index in [9.17, 15) is 4.79 Å². The van der Waals surface area contributed by atoms with Gasteiger partial charge in [-0.15, -0.1) is 0 Å². The van der Waals surface area contributed by atoms with E-state index in [2.05, 4.69) is 12.2 Å². The maximum Gasteiger partial charge on any atom is 0.231 e. The molecule has 0 amide bonds. The Morgan fingerprint density at radius 2 is 1.91 bits per heavy atom. The molecule has 1 N–H and O–H groups in total. The number of hydrogen-bond acceptors (Lipinski definition) is 4. The second-order valence-electron chi connectivity index (χ2n) is 4.96. The Labute approximate surface area is 129 Å². The van der Waals surface area contributed by atoms with Crippen LogP contribution in [-0.4, -0.2) is 12.6 Å². The molecule has 22 heavy (non-hydrogen) atoms. The van der Waals surface area contributed by atoms with Crippen LogP contribution in [0.1, 0.15) is 22.8 Å². The first kappa shape index (κ1) is 14.2. The molecular formula is C18H17NO3. The van der Waals surface area contributed by atoms with Gasteiger partial charge in [-0.25, -0.2) is 0 Å². The van der Waals surface area contributed by atoms with Crippen LogP contribution in [0.3, 0.4) is 0 Å². The zero-order valence-electron chi connectivity index (χ0n) is 12.3. The van der Waals surface area contributed by atoms with Gasteiger partial charge in [0.1, 0.15) is 0 Å². The number of rotatable bonds is 5. The maximum atomic E-state index is 12.1. The topological polar surface area (TPSA) is 47.6 Å². The minimum atomic E-state index is -0.0316. The Bertz CT molecular complexity index is 705. The number of anilines is 1. The molecule has 0 aromatic heterocycles. The summed E-state index contributed by atoms with van der Waals surface area (Å²) in [7, 11) is 0. The summed E-state index contributed by atoms with van der Waals surface area (Å²) in [6, 6.07) is 13.2. The van der Waals surface area contributed by atoms with Gasteiger partial charge in [0.15, 0.2) is 17.3 Å². The Morgan fingerprint density at radius 3 is 2.68 bits per heavy atom. The number of ketones is 1. The van der Waals surface area contributed by atoms with Gasteiger partial charge in [-0.2, -0.15) is 0 Å². The molecule has 4 heteroatoms. The molecule has 2 aromatic rings. The molecule has 3 rings (SSSR count). The van der Waals surface area contributed by atoms with Crippen molar-refractivity contribution in [3.63, 3.8) is 0 Å². The van der Waals surface area contributed by atoms with Crippen LogP contribution in [0.15, 0.2) is 54.7 Å². The van der Waals surface area contributed by atoms with Crippen molar-refractivity contribution in [3.05, 3.63) is 65.9 Å². The first-order valence-electron chi connectivity index (χ1n) is 7.22. The Balaban J connectivity index is 1.62. The summed E-state index contributed by atoms with van der Waals surface area (Å²) >= 11 is 0. The largest absolute Gasteiger partial charge is 0.454 e. The highest BCUT2D eigenvalue weighted by atomic mass is 16.7. The van der Waals surface area contributed by atoms with E-state index < -0.39 is 0 Å². The quantitative estimate of drug-likeness (QED) is 0.673. The standard InChI is InChI=1S/C18H17NO3/c1-2-13-3-5-14(6-4-13)16(20)9-10-19-15-7-8-17-18(11-15)22-12-21-17/h3-11,19H,2,12H2,1H3/b10-9+. The summed E-state index contributed by atoms with van der Waals surface area (Å²) in [6.45, 7) is 2.34. The van der Waals surface area contributed by atoms with Crippen LogP contribution in [0.2, 0.25) is 0 Å². The molecule has 0 saturated heterocycles. The number of carbonyl (C=O) groups is 1. The fraction of sp³-hybridized carbons (Fsp3) is 0.167. The molecule has 0 bridgehead atoms. The third-order valence-corrected chi connectivity index (χ3v) is 3.50. The monoisotopic (exact) mass is 295 g/mol. The molecule has 0 fully saturated rings. The van der Waals surface area contributed by atoms with Crippen LogP contribution in [0.5, 0.6) is 11.5 Å². The Hall–Kier alpha value is -2.75. The van der Waals surface area contributed by atoms with E-state index >= 15 is 0 Å². The Morgan fingerprint density at radius 1 is 1.14 bits per heavy atom. The molecule has 112 valence electrons. The van der Waals surface area contributed by atoms with Crippen molar-refractivity contribution < 1.29 is 14.3 Å². The fourth-order valence-corrected chi connectivity index (χ4v) is 2.20. The number of carbonyl (C=O) groups excluding carboxylic acids is 1. The normalized spacial score (nSPS) is 12.6. The van der Waals surface area contributed by atoms with Gasteiger partial charge in [-0.3, -0.25) is 4.79 Å². The van der Waals surface area contributed by atoms with Crippen LogP contribution >= 0.6 is 0 Å². The van der Waals surface area contributed by atoms with Gasteiger partial charge < -0.3 is 14.8 Å². The molecule has 1 aliphatic rings. The minimum absolute atomic E-state index is 0.0316. The fourth-order valence-electron chi connectivity index (χ4n) is 2.20. The molecule has 0 saturated carbocycles. The lowest BCUT2D eigenvalue weighted by Gasteiger charge is -2.02. The van der Waals surface area contributed by atoms with Gasteiger partial charge in [0, 0.05) is 29.6 Å². The SMILES string of the molecule is CCc1ccc(C(=O)/C=C/Nc2ccc3c(c2)OCO3)cc1. The second-order valence-corrected chi connectivity index (χ2v) is 4.96. The zero-order valence-corrected chi connectivity index (χ0v) is 12.3. The van der Waals surface area contributed by atoms with Crippen LogP contribution < -0.4 is 14.8 Å². The van der Waals surface area contributed by atoms with Crippen LogP contribution in [-0.2, 0) is 6.42 Å². The van der Waals surface area contributed by atoms with E-state index in [1.54, 1.807) is 6.20 Å². The average Bonchev–Trinajstić information content (AvgIpc) is 3.02. The number of allylic oxidation sites excluding steroid dienone is 1. The van der Waals surface area contributed by atoms with E-state index in [1.807, 2.05) is 42.5 Å². The smallest absolute Gasteiger partial charge is 0.231 e. The molecular weight excluding hydrogens is 278 g/mol. The van der Waals surface area contributed by atoms with Gasteiger partial charge in [-0.1, -0.05) is 31.2 Å². The molecule has 0 atom stereocenters. The number of ether oxygens (including phenoxy) is 2. The number of benzene rings is 2.